The van der Waals surface area contributed by atoms with Crippen LogP contribution in [0.3, 0.4) is 0 Å². The molecule has 0 aromatic heterocycles. The van der Waals surface area contributed by atoms with Gasteiger partial charge in [-0.05, 0) is 50.9 Å². The Kier molecular flexibility index (Phi) is 5.17. The SMILES string of the molecule is COC(=O)C1CC2CCCCC2N1CCC1CCCCO1. The Hall–Kier alpha value is -0.610. The van der Waals surface area contributed by atoms with Crippen LogP contribution in [0.15, 0.2) is 0 Å². The van der Waals surface area contributed by atoms with Gasteiger partial charge in [0.05, 0.1) is 13.2 Å². The molecule has 0 spiro atoms. The molecule has 0 bridgehead atoms. The fourth-order valence-electron chi connectivity index (χ4n) is 4.57. The average Bonchev–Trinajstić information content (AvgIpc) is 2.92. The number of fused-ring (bicyclic) bond motifs is 1. The number of carbonyl (C=O) groups excluding carboxylic acids is 1. The van der Waals surface area contributed by atoms with E-state index in [9.17, 15) is 4.79 Å². The average molecular weight is 295 g/mol. The molecular weight excluding hydrogens is 266 g/mol. The maximum Gasteiger partial charge on any atom is 0.323 e. The normalized spacial score (nSPS) is 37.2. The highest BCUT2D eigenvalue weighted by Crippen LogP contribution is 2.40. The zero-order valence-corrected chi connectivity index (χ0v) is 13.3. The fraction of sp³-hybridized carbons (Fsp3) is 0.941. The molecule has 3 rings (SSSR count). The van der Waals surface area contributed by atoms with Gasteiger partial charge in [-0.15, -0.1) is 0 Å². The first-order valence-electron chi connectivity index (χ1n) is 8.74. The summed E-state index contributed by atoms with van der Waals surface area (Å²) < 4.78 is 10.9. The standard InChI is InChI=1S/C17H29NO3/c1-20-17(19)16-12-13-6-2-3-8-15(13)18(16)10-9-14-7-4-5-11-21-14/h13-16H,2-12H2,1H3. The van der Waals surface area contributed by atoms with Crippen molar-refractivity contribution in [3.63, 3.8) is 0 Å². The molecule has 3 fully saturated rings. The number of hydrogen-bond acceptors (Lipinski definition) is 4. The van der Waals surface area contributed by atoms with Crippen molar-refractivity contribution < 1.29 is 14.3 Å². The lowest BCUT2D eigenvalue weighted by Crippen LogP contribution is -2.44. The molecule has 120 valence electrons. The van der Waals surface area contributed by atoms with Crippen molar-refractivity contribution in [2.75, 3.05) is 20.3 Å². The largest absolute Gasteiger partial charge is 0.468 e. The monoisotopic (exact) mass is 295 g/mol. The maximum atomic E-state index is 12.1. The fourth-order valence-corrected chi connectivity index (χ4v) is 4.57. The summed E-state index contributed by atoms with van der Waals surface area (Å²) in [6, 6.07) is 0.595. The first-order chi connectivity index (χ1) is 10.3. The summed E-state index contributed by atoms with van der Waals surface area (Å²) in [7, 11) is 1.52. The van der Waals surface area contributed by atoms with Gasteiger partial charge in [-0.25, -0.2) is 0 Å². The lowest BCUT2D eigenvalue weighted by atomic mass is 9.84. The van der Waals surface area contributed by atoms with Crippen molar-refractivity contribution in [3.05, 3.63) is 0 Å². The molecule has 1 aliphatic carbocycles. The van der Waals surface area contributed by atoms with Crippen LogP contribution in [-0.2, 0) is 14.3 Å². The molecule has 4 nitrogen and oxygen atoms in total. The second-order valence-corrected chi connectivity index (χ2v) is 6.90. The maximum absolute atomic E-state index is 12.1. The van der Waals surface area contributed by atoms with Gasteiger partial charge in [0.15, 0.2) is 0 Å². The summed E-state index contributed by atoms with van der Waals surface area (Å²) in [4.78, 5) is 14.6. The van der Waals surface area contributed by atoms with Crippen LogP contribution in [0.4, 0.5) is 0 Å². The molecule has 2 heterocycles. The van der Waals surface area contributed by atoms with Crippen LogP contribution in [0.2, 0.25) is 0 Å². The third kappa shape index (κ3) is 3.42. The summed E-state index contributed by atoms with van der Waals surface area (Å²) >= 11 is 0. The number of nitrogens with zero attached hydrogens (tertiary/aromatic N) is 1. The number of carbonyl (C=O) groups is 1. The van der Waals surface area contributed by atoms with Gasteiger partial charge in [-0.3, -0.25) is 9.69 Å². The van der Waals surface area contributed by atoms with Crippen LogP contribution >= 0.6 is 0 Å². The lowest BCUT2D eigenvalue weighted by molar-refractivity contribution is -0.146. The molecule has 1 saturated carbocycles. The second kappa shape index (κ2) is 7.10. The van der Waals surface area contributed by atoms with E-state index in [1.165, 1.54) is 52.1 Å². The first-order valence-corrected chi connectivity index (χ1v) is 8.74. The highest BCUT2D eigenvalue weighted by Gasteiger charge is 2.45. The van der Waals surface area contributed by atoms with E-state index in [1.54, 1.807) is 0 Å². The minimum Gasteiger partial charge on any atom is -0.468 e. The smallest absolute Gasteiger partial charge is 0.323 e. The Bertz CT molecular complexity index is 354. The molecule has 4 atom stereocenters. The summed E-state index contributed by atoms with van der Waals surface area (Å²) in [5.74, 6) is 0.670. The highest BCUT2D eigenvalue weighted by atomic mass is 16.5. The number of ether oxygens (including phenoxy) is 2. The van der Waals surface area contributed by atoms with Crippen molar-refractivity contribution >= 4 is 5.97 Å². The van der Waals surface area contributed by atoms with Gasteiger partial charge in [-0.2, -0.15) is 0 Å². The van der Waals surface area contributed by atoms with Gasteiger partial charge in [0, 0.05) is 19.2 Å². The van der Waals surface area contributed by atoms with Crippen molar-refractivity contribution in [3.8, 4) is 0 Å². The highest BCUT2D eigenvalue weighted by molar-refractivity contribution is 5.76. The van der Waals surface area contributed by atoms with Gasteiger partial charge in [-0.1, -0.05) is 12.8 Å². The van der Waals surface area contributed by atoms with E-state index in [-0.39, 0.29) is 12.0 Å². The molecule has 0 aromatic carbocycles. The minimum atomic E-state index is -0.0334. The summed E-state index contributed by atoms with van der Waals surface area (Å²) in [6.07, 6.45) is 11.3. The van der Waals surface area contributed by atoms with Crippen LogP contribution in [0.5, 0.6) is 0 Å². The van der Waals surface area contributed by atoms with Gasteiger partial charge in [0.1, 0.15) is 6.04 Å². The Balaban J connectivity index is 1.61. The van der Waals surface area contributed by atoms with Gasteiger partial charge in [0.2, 0.25) is 0 Å². The zero-order chi connectivity index (χ0) is 14.7. The van der Waals surface area contributed by atoms with E-state index in [4.69, 9.17) is 9.47 Å². The number of likely N-dealkylation sites (tertiary alicyclic amines) is 1. The zero-order valence-electron chi connectivity index (χ0n) is 13.3. The molecule has 21 heavy (non-hydrogen) atoms. The predicted molar refractivity (Wildman–Crippen MR) is 81.1 cm³/mol. The van der Waals surface area contributed by atoms with Gasteiger partial charge < -0.3 is 9.47 Å². The molecule has 2 saturated heterocycles. The van der Waals surface area contributed by atoms with E-state index in [2.05, 4.69) is 4.90 Å². The van der Waals surface area contributed by atoms with Crippen molar-refractivity contribution in [1.82, 2.24) is 4.90 Å². The van der Waals surface area contributed by atoms with Crippen LogP contribution in [0.25, 0.3) is 0 Å². The number of hydrogen-bond donors (Lipinski definition) is 0. The van der Waals surface area contributed by atoms with Crippen molar-refractivity contribution in [1.29, 1.82) is 0 Å². The van der Waals surface area contributed by atoms with Crippen LogP contribution in [0, 0.1) is 5.92 Å². The lowest BCUT2D eigenvalue weighted by Gasteiger charge is -2.34. The molecule has 0 amide bonds. The minimum absolute atomic E-state index is 0.00769. The third-order valence-electron chi connectivity index (χ3n) is 5.68. The molecule has 4 heteroatoms. The van der Waals surface area contributed by atoms with Crippen LogP contribution < -0.4 is 0 Å². The molecule has 0 N–H and O–H groups in total. The topological polar surface area (TPSA) is 38.8 Å². The van der Waals surface area contributed by atoms with Crippen molar-refractivity contribution in [2.45, 2.75) is 76.0 Å². The third-order valence-corrected chi connectivity index (χ3v) is 5.68. The second-order valence-electron chi connectivity index (χ2n) is 6.90. The van der Waals surface area contributed by atoms with E-state index in [0.717, 1.165) is 26.0 Å². The number of methoxy groups -OCH3 is 1. The Labute approximate surface area is 128 Å². The molecule has 4 unspecified atom stereocenters. The first kappa shape index (κ1) is 15.3. The van der Waals surface area contributed by atoms with Gasteiger partial charge >= 0.3 is 5.97 Å². The van der Waals surface area contributed by atoms with Crippen molar-refractivity contribution in [2.24, 2.45) is 5.92 Å². The Morgan fingerprint density at radius 1 is 1.19 bits per heavy atom. The predicted octanol–water partition coefficient (Wildman–Crippen LogP) is 2.75. The Morgan fingerprint density at radius 2 is 2.00 bits per heavy atom. The van der Waals surface area contributed by atoms with E-state index in [1.807, 2.05) is 0 Å². The number of esters is 1. The van der Waals surface area contributed by atoms with Crippen LogP contribution in [-0.4, -0.2) is 49.3 Å². The summed E-state index contributed by atoms with van der Waals surface area (Å²) in [5.41, 5.74) is 0. The number of rotatable bonds is 4. The van der Waals surface area contributed by atoms with E-state index < -0.39 is 0 Å². The van der Waals surface area contributed by atoms with Crippen LogP contribution in [0.1, 0.15) is 57.8 Å². The molecular formula is C17H29NO3. The molecule has 3 aliphatic rings. The summed E-state index contributed by atoms with van der Waals surface area (Å²) in [6.45, 7) is 1.91. The Morgan fingerprint density at radius 3 is 2.76 bits per heavy atom. The van der Waals surface area contributed by atoms with Gasteiger partial charge in [0.25, 0.3) is 0 Å². The molecule has 2 aliphatic heterocycles. The molecule has 0 radical (unpaired) electrons. The van der Waals surface area contributed by atoms with E-state index in [0.29, 0.717) is 18.1 Å². The van der Waals surface area contributed by atoms with E-state index >= 15 is 0 Å². The summed E-state index contributed by atoms with van der Waals surface area (Å²) in [5, 5.41) is 0. The quantitative estimate of drug-likeness (QED) is 0.748. The molecule has 0 aromatic rings.